The van der Waals surface area contributed by atoms with Crippen molar-refractivity contribution in [1.82, 2.24) is 5.32 Å². The third-order valence-corrected chi connectivity index (χ3v) is 19.1. The number of rotatable bonds is 73. The Kier molecular flexibility index (Phi) is 67.7. The lowest BCUT2D eigenvalue weighted by molar-refractivity contribution is -0.870. The zero-order chi connectivity index (χ0) is 64.9. The Labute approximate surface area is 555 Å². The second-order valence-electron chi connectivity index (χ2n) is 28.2. The minimum atomic E-state index is -4.46. The summed E-state index contributed by atoms with van der Waals surface area (Å²) in [6, 6.07) is -0.846. The number of phosphoric acid groups is 1. The molecule has 0 aromatic carbocycles. The smallest absolute Gasteiger partial charge is 0.456 e. The Morgan fingerprint density at radius 2 is 0.685 bits per heavy atom. The summed E-state index contributed by atoms with van der Waals surface area (Å²) in [6.45, 7) is 7.07. The van der Waals surface area contributed by atoms with Crippen molar-refractivity contribution in [3.63, 3.8) is 0 Å². The highest BCUT2D eigenvalue weighted by atomic mass is 31.2. The highest BCUT2D eigenvalue weighted by Gasteiger charge is 2.30. The molecule has 0 heterocycles. The quantitative estimate of drug-likeness (QED) is 0.0205. The van der Waals surface area contributed by atoms with Gasteiger partial charge >= 0.3 is 13.8 Å². The van der Waals surface area contributed by atoms with Gasteiger partial charge in [0.25, 0.3) is 0 Å². The summed E-state index contributed by atoms with van der Waals surface area (Å²) in [5, 5.41) is 3.09. The Balaban J connectivity index is 4.94. The molecule has 89 heavy (non-hydrogen) atoms. The van der Waals surface area contributed by atoms with Crippen LogP contribution in [0.5, 0.6) is 0 Å². The predicted octanol–water partition coefficient (Wildman–Crippen LogP) is 25.4. The van der Waals surface area contributed by atoms with E-state index in [1.807, 2.05) is 27.2 Å². The van der Waals surface area contributed by atoms with Crippen molar-refractivity contribution in [3.05, 3.63) is 36.5 Å². The first kappa shape index (κ1) is 87.2. The van der Waals surface area contributed by atoms with Crippen molar-refractivity contribution in [2.24, 2.45) is 0 Å². The van der Waals surface area contributed by atoms with Crippen LogP contribution in [0.15, 0.2) is 36.5 Å². The van der Waals surface area contributed by atoms with Gasteiger partial charge in [0.1, 0.15) is 19.3 Å². The van der Waals surface area contributed by atoms with Gasteiger partial charge in [-0.25, -0.2) is 4.57 Å². The largest absolute Gasteiger partial charge is 0.472 e. The minimum Gasteiger partial charge on any atom is -0.456 e. The number of esters is 1. The number of nitrogens with zero attached hydrogens (tertiary/aromatic N) is 1. The first-order chi connectivity index (χ1) is 43.4. The summed E-state index contributed by atoms with van der Waals surface area (Å²) < 4.78 is 30.9. The number of carbonyl (C=O) groups is 2. The van der Waals surface area contributed by atoms with Gasteiger partial charge in [0.2, 0.25) is 5.91 Å². The number of carbonyl (C=O) groups excluding carboxylic acids is 2. The maximum atomic E-state index is 13.7. The second-order valence-corrected chi connectivity index (χ2v) is 29.7. The first-order valence-electron chi connectivity index (χ1n) is 39.3. The molecule has 0 saturated heterocycles. The molecule has 1 amide bonds. The topological polar surface area (TPSA) is 111 Å². The maximum Gasteiger partial charge on any atom is 0.472 e. The summed E-state index contributed by atoms with van der Waals surface area (Å²) in [7, 11) is 1.52. The van der Waals surface area contributed by atoms with Crippen LogP contribution in [-0.4, -0.2) is 74.3 Å². The maximum absolute atomic E-state index is 13.7. The van der Waals surface area contributed by atoms with E-state index in [-0.39, 0.29) is 25.1 Å². The van der Waals surface area contributed by atoms with E-state index in [9.17, 15) is 19.0 Å². The van der Waals surface area contributed by atoms with Crippen LogP contribution >= 0.6 is 7.82 Å². The summed E-state index contributed by atoms with van der Waals surface area (Å²) in [5.74, 6) is -0.481. The number of nitrogens with one attached hydrogen (secondary N) is 1. The van der Waals surface area contributed by atoms with Gasteiger partial charge in [0, 0.05) is 12.8 Å². The molecule has 10 heteroatoms. The molecule has 0 aromatic rings. The van der Waals surface area contributed by atoms with Gasteiger partial charge in [-0.15, -0.1) is 0 Å². The van der Waals surface area contributed by atoms with Crippen molar-refractivity contribution in [2.75, 3.05) is 40.9 Å². The molecule has 0 aromatic heterocycles. The van der Waals surface area contributed by atoms with Gasteiger partial charge in [-0.05, 0) is 63.9 Å². The highest BCUT2D eigenvalue weighted by molar-refractivity contribution is 7.47. The molecule has 0 radical (unpaired) electrons. The van der Waals surface area contributed by atoms with Crippen LogP contribution in [0.1, 0.15) is 406 Å². The summed E-state index contributed by atoms with van der Waals surface area (Å²) in [4.78, 5) is 38.0. The number of allylic oxidation sites excluding steroid dienone is 5. The lowest BCUT2D eigenvalue weighted by Gasteiger charge is -2.27. The SMILES string of the molecule is CCCCC/C=C\C/C=C\CCCCCCCCCCCCCCCC(=O)NC(COP(=O)(O)OCC[N+](C)(C)C)C(/C=C/CCCCCCCCCCCCC)OC(=O)CCCCCCCCCCCCCCCCCCCCCCCCCCCCC. The number of unbranched alkanes of at least 4 members (excludes halogenated alkanes) is 53. The number of hydrogen-bond acceptors (Lipinski definition) is 6. The molecule has 0 saturated carbocycles. The molecule has 526 valence electrons. The van der Waals surface area contributed by atoms with Crippen LogP contribution in [0.25, 0.3) is 0 Å². The summed E-state index contributed by atoms with van der Waals surface area (Å²) in [5.41, 5.74) is 0. The number of phosphoric ester groups is 1. The van der Waals surface area contributed by atoms with Crippen molar-refractivity contribution < 1.29 is 37.3 Å². The van der Waals surface area contributed by atoms with Gasteiger partial charge in [0.15, 0.2) is 0 Å². The van der Waals surface area contributed by atoms with Gasteiger partial charge < -0.3 is 19.4 Å². The van der Waals surface area contributed by atoms with Crippen molar-refractivity contribution in [1.29, 1.82) is 0 Å². The predicted molar refractivity (Wildman–Crippen MR) is 388 cm³/mol. The molecule has 0 aliphatic rings. The fraction of sp³-hybridized carbons (Fsp3) is 0.899. The Morgan fingerprint density at radius 3 is 1.03 bits per heavy atom. The molecule has 3 atom stereocenters. The van der Waals surface area contributed by atoms with Crippen LogP contribution in [0.4, 0.5) is 0 Å². The fourth-order valence-corrected chi connectivity index (χ4v) is 12.8. The van der Waals surface area contributed by atoms with Gasteiger partial charge in [-0.2, -0.15) is 0 Å². The minimum absolute atomic E-state index is 0.0434. The molecule has 0 fully saturated rings. The Hall–Kier alpha value is -1.77. The third kappa shape index (κ3) is 70.4. The molecule has 9 nitrogen and oxygen atoms in total. The molecule has 0 aliphatic carbocycles. The molecule has 2 N–H and O–H groups in total. The van der Waals surface area contributed by atoms with Gasteiger partial charge in [0.05, 0.1) is 33.8 Å². The monoisotopic (exact) mass is 1270 g/mol. The molecule has 0 aliphatic heterocycles. The first-order valence-corrected chi connectivity index (χ1v) is 40.8. The lowest BCUT2D eigenvalue weighted by Crippen LogP contribution is -2.47. The van der Waals surface area contributed by atoms with Crippen LogP contribution < -0.4 is 5.32 Å². The van der Waals surface area contributed by atoms with E-state index in [1.165, 1.54) is 308 Å². The fourth-order valence-electron chi connectivity index (χ4n) is 12.0. The molecular formula is C79H154N2O7P+. The van der Waals surface area contributed by atoms with Crippen LogP contribution in [-0.2, 0) is 27.9 Å². The van der Waals surface area contributed by atoms with Crippen molar-refractivity contribution in [3.8, 4) is 0 Å². The van der Waals surface area contributed by atoms with E-state index < -0.39 is 20.0 Å². The zero-order valence-corrected chi connectivity index (χ0v) is 61.4. The van der Waals surface area contributed by atoms with E-state index in [2.05, 4.69) is 56.5 Å². The lowest BCUT2D eigenvalue weighted by atomic mass is 10.0. The van der Waals surface area contributed by atoms with E-state index in [0.717, 1.165) is 64.2 Å². The average molecular weight is 1280 g/mol. The summed E-state index contributed by atoms with van der Waals surface area (Å²) in [6.07, 6.45) is 87.5. The normalized spacial score (nSPS) is 13.6. The molecule has 0 rings (SSSR count). The molecular weight excluding hydrogens is 1120 g/mol. The number of hydrogen-bond donors (Lipinski definition) is 2. The van der Waals surface area contributed by atoms with Gasteiger partial charge in [-0.1, -0.05) is 366 Å². The third-order valence-electron chi connectivity index (χ3n) is 18.1. The van der Waals surface area contributed by atoms with E-state index in [0.29, 0.717) is 23.9 Å². The van der Waals surface area contributed by atoms with Crippen molar-refractivity contribution >= 4 is 19.7 Å². The zero-order valence-electron chi connectivity index (χ0n) is 60.5. The molecule has 0 bridgehead atoms. The Morgan fingerprint density at radius 1 is 0.393 bits per heavy atom. The van der Waals surface area contributed by atoms with Crippen LogP contribution in [0, 0.1) is 0 Å². The Bertz CT molecular complexity index is 1610. The van der Waals surface area contributed by atoms with Crippen LogP contribution in [0.2, 0.25) is 0 Å². The number of amides is 1. The molecule has 0 spiro atoms. The van der Waals surface area contributed by atoms with Crippen molar-refractivity contribution in [2.45, 2.75) is 418 Å². The average Bonchev–Trinajstić information content (AvgIpc) is 3.64. The number of likely N-dealkylation sites (N-methyl/N-ethyl adjacent to an activating group) is 1. The second kappa shape index (κ2) is 69.1. The number of ether oxygens (including phenoxy) is 1. The highest BCUT2D eigenvalue weighted by Crippen LogP contribution is 2.43. The van der Waals surface area contributed by atoms with E-state index in [1.54, 1.807) is 0 Å². The van der Waals surface area contributed by atoms with E-state index >= 15 is 0 Å². The summed E-state index contributed by atoms with van der Waals surface area (Å²) >= 11 is 0. The number of quaternary nitrogens is 1. The van der Waals surface area contributed by atoms with Gasteiger partial charge in [-0.3, -0.25) is 18.6 Å². The molecule has 3 unspecified atom stereocenters. The standard InChI is InChI=1S/C79H153N2O7P/c1-7-10-13-16-19-22-25-28-30-32-34-36-38-39-40-41-43-45-47-49-51-54-57-60-63-66-69-72-79(83)88-77(70-67-64-61-58-55-52-27-24-21-18-15-12-9-3)76(75-87-89(84,85)86-74-73-81(4,5)6)80-78(82)71-68-65-62-59-56-53-50-48-46-44-42-37-35-33-31-29-26-23-20-17-14-11-8-2/h20,23,29,31,67,70,76-77H,7-19,21-22,24-28,30,32-66,68-69,71-75H2,1-6H3,(H-,80,82,84,85)/p+1/b23-20-,31-29-,70-67+. The van der Waals surface area contributed by atoms with Crippen LogP contribution in [0.3, 0.4) is 0 Å². The van der Waals surface area contributed by atoms with E-state index in [4.69, 9.17) is 13.8 Å².